The van der Waals surface area contributed by atoms with Crippen molar-refractivity contribution in [1.29, 1.82) is 0 Å². The third-order valence-corrected chi connectivity index (χ3v) is 9.79. The van der Waals surface area contributed by atoms with Crippen LogP contribution in [0.3, 0.4) is 0 Å². The van der Waals surface area contributed by atoms with Crippen molar-refractivity contribution in [2.45, 2.75) is 0 Å². The van der Waals surface area contributed by atoms with E-state index in [0.29, 0.717) is 0 Å². The Morgan fingerprint density at radius 3 is 2.00 bits per heavy atom. The van der Waals surface area contributed by atoms with E-state index in [-0.39, 0.29) is 0 Å². The maximum atomic E-state index is 6.25. The van der Waals surface area contributed by atoms with Gasteiger partial charge in [-0.15, -0.1) is 0 Å². The number of rotatable bonds is 4. The van der Waals surface area contributed by atoms with Gasteiger partial charge < -0.3 is 9.32 Å². The molecule has 10 rings (SSSR count). The van der Waals surface area contributed by atoms with Gasteiger partial charge in [0.25, 0.3) is 0 Å². The normalized spacial score (nSPS) is 11.8. The summed E-state index contributed by atoms with van der Waals surface area (Å²) in [5, 5.41) is 12.1. The highest BCUT2D eigenvalue weighted by Crippen LogP contribution is 2.46. The SMILES string of the molecule is c1ccc(-c2ccccc2N(c2ccc3cc4oc5ccccc5c4cc3c2)c2cccc3c2ccc2ccc4ccccc4c23)cc1. The molecule has 9 aromatic carbocycles. The summed E-state index contributed by atoms with van der Waals surface area (Å²) in [6.07, 6.45) is 0. The molecule has 0 fully saturated rings. The number of nitrogens with zero attached hydrogens (tertiary/aromatic N) is 1. The van der Waals surface area contributed by atoms with Crippen LogP contribution < -0.4 is 4.90 Å². The van der Waals surface area contributed by atoms with Gasteiger partial charge >= 0.3 is 0 Å². The van der Waals surface area contributed by atoms with Gasteiger partial charge in [-0.05, 0) is 85.7 Å². The standard InChI is InChI=1S/C46H29NO/c1-2-11-30(12-3-1)36-14-6-8-18-42(36)47(35-25-23-33-29-45-41(28-34(33)27-35)39-16-7-9-20-44(39)48-45)43-19-10-17-40-38(43)26-24-32-22-21-31-13-4-5-15-37(31)46(32)40/h1-29H. The summed E-state index contributed by atoms with van der Waals surface area (Å²) in [4.78, 5) is 2.44. The Morgan fingerprint density at radius 2 is 1.06 bits per heavy atom. The smallest absolute Gasteiger partial charge is 0.136 e. The summed E-state index contributed by atoms with van der Waals surface area (Å²) in [6, 6.07) is 63.5. The maximum Gasteiger partial charge on any atom is 0.136 e. The van der Waals surface area contributed by atoms with Gasteiger partial charge in [0, 0.05) is 27.4 Å². The molecule has 1 heterocycles. The Kier molecular flexibility index (Phi) is 5.91. The molecule has 224 valence electrons. The van der Waals surface area contributed by atoms with Crippen LogP contribution in [-0.2, 0) is 0 Å². The molecule has 0 aliphatic carbocycles. The lowest BCUT2D eigenvalue weighted by Gasteiger charge is -2.29. The van der Waals surface area contributed by atoms with Crippen molar-refractivity contribution < 1.29 is 4.42 Å². The molecule has 0 aliphatic rings. The monoisotopic (exact) mass is 611 g/mol. The van der Waals surface area contributed by atoms with Crippen LogP contribution in [0.2, 0.25) is 0 Å². The van der Waals surface area contributed by atoms with Crippen molar-refractivity contribution in [1.82, 2.24) is 0 Å². The van der Waals surface area contributed by atoms with Crippen LogP contribution in [-0.4, -0.2) is 0 Å². The lowest BCUT2D eigenvalue weighted by molar-refractivity contribution is 0.669. The van der Waals surface area contributed by atoms with E-state index >= 15 is 0 Å². The molecule has 0 radical (unpaired) electrons. The summed E-state index contributed by atoms with van der Waals surface area (Å²) >= 11 is 0. The molecular weight excluding hydrogens is 583 g/mol. The Balaban J connectivity index is 1.28. The Hall–Kier alpha value is -6.38. The van der Waals surface area contributed by atoms with E-state index in [1.54, 1.807) is 0 Å². The first-order chi connectivity index (χ1) is 23.8. The van der Waals surface area contributed by atoms with Crippen LogP contribution in [0.15, 0.2) is 180 Å². The van der Waals surface area contributed by atoms with Crippen LogP contribution in [0, 0.1) is 0 Å². The molecule has 0 amide bonds. The lowest BCUT2D eigenvalue weighted by atomic mass is 9.95. The highest BCUT2D eigenvalue weighted by molar-refractivity contribution is 6.22. The summed E-state index contributed by atoms with van der Waals surface area (Å²) in [6.45, 7) is 0. The Bertz CT molecular complexity index is 2850. The number of hydrogen-bond acceptors (Lipinski definition) is 2. The van der Waals surface area contributed by atoms with Gasteiger partial charge in [0.05, 0.1) is 11.4 Å². The third-order valence-electron chi connectivity index (χ3n) is 9.79. The molecule has 0 aliphatic heterocycles. The van der Waals surface area contributed by atoms with Gasteiger partial charge in [-0.2, -0.15) is 0 Å². The van der Waals surface area contributed by atoms with E-state index < -0.39 is 0 Å². The third kappa shape index (κ3) is 4.13. The van der Waals surface area contributed by atoms with E-state index in [9.17, 15) is 0 Å². The summed E-state index contributed by atoms with van der Waals surface area (Å²) in [7, 11) is 0. The molecule has 1 aromatic heterocycles. The molecule has 0 spiro atoms. The molecule has 0 bridgehead atoms. The van der Waals surface area contributed by atoms with Gasteiger partial charge in [-0.25, -0.2) is 0 Å². The van der Waals surface area contributed by atoms with Crippen molar-refractivity contribution in [3.8, 4) is 11.1 Å². The van der Waals surface area contributed by atoms with Gasteiger partial charge in [-0.3, -0.25) is 0 Å². The van der Waals surface area contributed by atoms with Crippen molar-refractivity contribution in [2.24, 2.45) is 0 Å². The molecule has 2 heteroatoms. The van der Waals surface area contributed by atoms with Crippen LogP contribution in [0.4, 0.5) is 17.1 Å². The van der Waals surface area contributed by atoms with E-state index in [1.165, 1.54) is 48.8 Å². The largest absolute Gasteiger partial charge is 0.456 e. The van der Waals surface area contributed by atoms with E-state index in [2.05, 4.69) is 169 Å². The molecule has 48 heavy (non-hydrogen) atoms. The quantitative estimate of drug-likeness (QED) is 0.184. The number of hydrogen-bond donors (Lipinski definition) is 0. The predicted octanol–water partition coefficient (Wildman–Crippen LogP) is 13.3. The fourth-order valence-electron chi connectivity index (χ4n) is 7.58. The molecule has 2 nitrogen and oxygen atoms in total. The second-order valence-corrected chi connectivity index (χ2v) is 12.5. The van der Waals surface area contributed by atoms with Crippen molar-refractivity contribution >= 4 is 82.1 Å². The van der Waals surface area contributed by atoms with E-state index in [4.69, 9.17) is 4.42 Å². The highest BCUT2D eigenvalue weighted by Gasteiger charge is 2.21. The van der Waals surface area contributed by atoms with Gasteiger partial charge in [-0.1, -0.05) is 133 Å². The van der Waals surface area contributed by atoms with Crippen molar-refractivity contribution in [3.63, 3.8) is 0 Å². The van der Waals surface area contributed by atoms with Crippen molar-refractivity contribution in [3.05, 3.63) is 176 Å². The fourth-order valence-corrected chi connectivity index (χ4v) is 7.58. The lowest BCUT2D eigenvalue weighted by Crippen LogP contribution is -2.11. The molecule has 0 saturated heterocycles. The minimum Gasteiger partial charge on any atom is -0.456 e. The van der Waals surface area contributed by atoms with Crippen molar-refractivity contribution in [2.75, 3.05) is 4.90 Å². The highest BCUT2D eigenvalue weighted by atomic mass is 16.3. The van der Waals surface area contributed by atoms with Gasteiger partial charge in [0.2, 0.25) is 0 Å². The molecular formula is C46H29NO. The molecule has 0 atom stereocenters. The van der Waals surface area contributed by atoms with Crippen LogP contribution in [0.1, 0.15) is 0 Å². The zero-order chi connectivity index (χ0) is 31.6. The maximum absolute atomic E-state index is 6.25. The van der Waals surface area contributed by atoms with Gasteiger partial charge in [0.15, 0.2) is 0 Å². The van der Waals surface area contributed by atoms with Crippen LogP contribution in [0.25, 0.3) is 76.2 Å². The predicted molar refractivity (Wildman–Crippen MR) is 204 cm³/mol. The number of furan rings is 1. The summed E-state index contributed by atoms with van der Waals surface area (Å²) in [5.41, 5.74) is 7.56. The minimum atomic E-state index is 0.913. The Morgan fingerprint density at radius 1 is 0.354 bits per heavy atom. The minimum absolute atomic E-state index is 0.913. The number of benzene rings is 9. The van der Waals surface area contributed by atoms with E-state index in [0.717, 1.165) is 44.4 Å². The molecule has 0 unspecified atom stereocenters. The topological polar surface area (TPSA) is 16.4 Å². The summed E-state index contributed by atoms with van der Waals surface area (Å²) < 4.78 is 6.25. The average molecular weight is 612 g/mol. The first-order valence-electron chi connectivity index (χ1n) is 16.4. The van der Waals surface area contributed by atoms with Crippen LogP contribution >= 0.6 is 0 Å². The van der Waals surface area contributed by atoms with Gasteiger partial charge in [0.1, 0.15) is 11.2 Å². The Labute approximate surface area is 277 Å². The average Bonchev–Trinajstić information content (AvgIpc) is 3.51. The van der Waals surface area contributed by atoms with Crippen LogP contribution in [0.5, 0.6) is 0 Å². The second kappa shape index (κ2) is 10.6. The van der Waals surface area contributed by atoms with E-state index in [1.807, 2.05) is 12.1 Å². The molecule has 0 saturated carbocycles. The first-order valence-corrected chi connectivity index (χ1v) is 16.4. The first kappa shape index (κ1) is 26.8. The molecule has 0 N–H and O–H groups in total. The number of para-hydroxylation sites is 2. The molecule has 10 aromatic rings. The number of anilines is 3. The zero-order valence-corrected chi connectivity index (χ0v) is 26.1. The number of fused-ring (bicyclic) bond motifs is 9. The second-order valence-electron chi connectivity index (χ2n) is 12.5. The zero-order valence-electron chi connectivity index (χ0n) is 26.1. The summed E-state index contributed by atoms with van der Waals surface area (Å²) in [5.74, 6) is 0. The fraction of sp³-hybridized carbons (Fsp3) is 0.